The number of hydrogen-bond donors (Lipinski definition) is 2. The Morgan fingerprint density at radius 1 is 0.755 bits per heavy atom. The smallest absolute Gasteiger partial charge is 0.251 e. The van der Waals surface area contributed by atoms with Crippen LogP contribution in [0.15, 0.2) is 122 Å². The Labute approximate surface area is 287 Å². The maximum absolute atomic E-state index is 12.6. The minimum Gasteiger partial charge on any atom is -0.392 e. The third-order valence-corrected chi connectivity index (χ3v) is 9.22. The van der Waals surface area contributed by atoms with Crippen LogP contribution in [0.2, 0.25) is 0 Å². The molecule has 0 saturated carbocycles. The quantitative estimate of drug-likeness (QED) is 0.191. The molecule has 0 aliphatic carbocycles. The molecule has 1 aromatic heterocycles. The number of benzene rings is 4. The minimum absolute atomic E-state index is 0.0117. The Kier molecular flexibility index (Phi) is 10.3. The Balaban J connectivity index is 1.03. The maximum Gasteiger partial charge on any atom is 0.251 e. The number of amides is 1. The standard InChI is InChI=1S/C40H41N5O4/c46-28-29-10-12-32(13-11-29)37-25-36(27-44-20-22-45(23-21-44)40-41-18-5-19-42-40)48-39(49-37)34-16-14-31(15-17-34)35-9-4-6-30(24-35)26-43-38(47)33-7-2-1-3-8-33/h1-19,24,36-37,39,46H,20-23,25-28H2,(H,43,47). The molecule has 3 atom stereocenters. The summed E-state index contributed by atoms with van der Waals surface area (Å²) in [6.07, 6.45) is 3.63. The summed E-state index contributed by atoms with van der Waals surface area (Å²) in [5.74, 6) is 0.689. The number of rotatable bonds is 10. The van der Waals surface area contributed by atoms with E-state index in [1.165, 1.54) is 0 Å². The Morgan fingerprint density at radius 2 is 1.49 bits per heavy atom. The summed E-state index contributed by atoms with van der Waals surface area (Å²) in [5.41, 5.74) is 6.74. The predicted molar refractivity (Wildman–Crippen MR) is 189 cm³/mol. The highest BCUT2D eigenvalue weighted by Crippen LogP contribution is 2.39. The average molecular weight is 656 g/mol. The molecule has 9 nitrogen and oxygen atoms in total. The Morgan fingerprint density at radius 3 is 2.22 bits per heavy atom. The molecule has 2 saturated heterocycles. The van der Waals surface area contributed by atoms with Crippen molar-refractivity contribution in [1.29, 1.82) is 0 Å². The van der Waals surface area contributed by atoms with Crippen LogP contribution in [0, 0.1) is 0 Å². The van der Waals surface area contributed by atoms with E-state index in [9.17, 15) is 9.90 Å². The predicted octanol–water partition coefficient (Wildman–Crippen LogP) is 5.93. The van der Waals surface area contributed by atoms with Gasteiger partial charge in [-0.3, -0.25) is 9.69 Å². The van der Waals surface area contributed by atoms with Gasteiger partial charge >= 0.3 is 0 Å². The van der Waals surface area contributed by atoms with Crippen LogP contribution in [0.1, 0.15) is 51.4 Å². The lowest BCUT2D eigenvalue weighted by Crippen LogP contribution is -2.50. The molecule has 9 heteroatoms. The van der Waals surface area contributed by atoms with Crippen LogP contribution < -0.4 is 10.2 Å². The lowest BCUT2D eigenvalue weighted by Gasteiger charge is -2.40. The number of nitrogens with one attached hydrogen (secondary N) is 1. The highest BCUT2D eigenvalue weighted by Gasteiger charge is 2.34. The van der Waals surface area contributed by atoms with Crippen LogP contribution in [0.5, 0.6) is 0 Å². The maximum atomic E-state index is 12.6. The summed E-state index contributed by atoms with van der Waals surface area (Å²) in [6, 6.07) is 35.7. The van der Waals surface area contributed by atoms with Crippen molar-refractivity contribution in [3.05, 3.63) is 149 Å². The fraction of sp³-hybridized carbons (Fsp3) is 0.275. The van der Waals surface area contributed by atoms with Gasteiger partial charge in [0.25, 0.3) is 5.91 Å². The van der Waals surface area contributed by atoms with Crippen molar-refractivity contribution < 1.29 is 19.4 Å². The van der Waals surface area contributed by atoms with Crippen molar-refractivity contribution >= 4 is 11.9 Å². The van der Waals surface area contributed by atoms with Gasteiger partial charge in [-0.25, -0.2) is 9.97 Å². The number of aromatic nitrogens is 2. The highest BCUT2D eigenvalue weighted by atomic mass is 16.7. The van der Waals surface area contributed by atoms with E-state index in [1.54, 1.807) is 12.4 Å². The van der Waals surface area contributed by atoms with E-state index >= 15 is 0 Å². The van der Waals surface area contributed by atoms with Crippen molar-refractivity contribution in [3.8, 4) is 11.1 Å². The van der Waals surface area contributed by atoms with Gasteiger partial charge in [0, 0.05) is 69.2 Å². The van der Waals surface area contributed by atoms with Gasteiger partial charge in [0.2, 0.25) is 5.95 Å². The molecular formula is C40H41N5O4. The van der Waals surface area contributed by atoms with Crippen molar-refractivity contribution in [1.82, 2.24) is 20.2 Å². The number of carbonyl (C=O) groups excluding carboxylic acids is 1. The third kappa shape index (κ3) is 8.21. The van der Waals surface area contributed by atoms with Gasteiger partial charge < -0.3 is 24.8 Å². The van der Waals surface area contributed by atoms with E-state index in [0.29, 0.717) is 12.1 Å². The third-order valence-electron chi connectivity index (χ3n) is 9.22. The van der Waals surface area contributed by atoms with Crippen LogP contribution in [0.25, 0.3) is 11.1 Å². The van der Waals surface area contributed by atoms with Gasteiger partial charge in [-0.1, -0.05) is 84.9 Å². The molecule has 2 aliphatic rings. The van der Waals surface area contributed by atoms with Gasteiger partial charge in [0.15, 0.2) is 6.29 Å². The molecule has 2 aliphatic heterocycles. The number of aliphatic hydroxyl groups excluding tert-OH is 1. The average Bonchev–Trinajstić information content (AvgIpc) is 3.18. The van der Waals surface area contributed by atoms with Crippen molar-refractivity contribution in [3.63, 3.8) is 0 Å². The molecular weight excluding hydrogens is 614 g/mol. The fourth-order valence-electron chi connectivity index (χ4n) is 6.47. The van der Waals surface area contributed by atoms with Crippen LogP contribution >= 0.6 is 0 Å². The second-order valence-corrected chi connectivity index (χ2v) is 12.6. The first-order valence-corrected chi connectivity index (χ1v) is 16.9. The van der Waals surface area contributed by atoms with Gasteiger partial charge in [-0.05, 0) is 52.1 Å². The van der Waals surface area contributed by atoms with Gasteiger partial charge in [-0.15, -0.1) is 0 Å². The molecule has 0 spiro atoms. The molecule has 2 fully saturated rings. The SMILES string of the molecule is O=C(NCc1cccc(-c2ccc(C3OC(CN4CCN(c5ncccn5)CC4)CC(c4ccc(CO)cc4)O3)cc2)c1)c1ccccc1. The molecule has 1 amide bonds. The fourth-order valence-corrected chi connectivity index (χ4v) is 6.47. The molecule has 7 rings (SSSR count). The summed E-state index contributed by atoms with van der Waals surface area (Å²) < 4.78 is 13.3. The number of carbonyl (C=O) groups is 1. The second-order valence-electron chi connectivity index (χ2n) is 12.6. The number of nitrogens with zero attached hydrogens (tertiary/aromatic N) is 4. The van der Waals surface area contributed by atoms with E-state index in [4.69, 9.17) is 9.47 Å². The van der Waals surface area contributed by atoms with Crippen molar-refractivity contribution in [2.75, 3.05) is 37.6 Å². The number of piperazine rings is 1. The van der Waals surface area contributed by atoms with Gasteiger partial charge in [-0.2, -0.15) is 0 Å². The molecule has 3 unspecified atom stereocenters. The lowest BCUT2D eigenvalue weighted by molar-refractivity contribution is -0.253. The zero-order valence-electron chi connectivity index (χ0n) is 27.4. The van der Waals surface area contributed by atoms with Crippen LogP contribution in [0.4, 0.5) is 5.95 Å². The summed E-state index contributed by atoms with van der Waals surface area (Å²) in [4.78, 5) is 26.1. The number of hydrogen-bond acceptors (Lipinski definition) is 8. The van der Waals surface area contributed by atoms with E-state index < -0.39 is 6.29 Å². The summed E-state index contributed by atoms with van der Waals surface area (Å²) in [7, 11) is 0. The molecule has 5 aromatic rings. The number of anilines is 1. The summed E-state index contributed by atoms with van der Waals surface area (Å²) >= 11 is 0. The van der Waals surface area contributed by atoms with E-state index in [-0.39, 0.29) is 24.7 Å². The Hall–Kier alpha value is -4.93. The second kappa shape index (κ2) is 15.5. The normalized spacial score (nSPS) is 19.8. The first-order valence-electron chi connectivity index (χ1n) is 16.9. The minimum atomic E-state index is -0.520. The van der Waals surface area contributed by atoms with Gasteiger partial charge in [0.1, 0.15) is 0 Å². The van der Waals surface area contributed by atoms with Crippen LogP contribution in [0.3, 0.4) is 0 Å². The van der Waals surface area contributed by atoms with Crippen LogP contribution in [-0.2, 0) is 22.6 Å². The molecule has 4 aromatic carbocycles. The molecule has 0 bridgehead atoms. The van der Waals surface area contributed by atoms with E-state index in [2.05, 4.69) is 61.5 Å². The largest absolute Gasteiger partial charge is 0.392 e. The first kappa shape index (κ1) is 32.6. The molecule has 0 radical (unpaired) electrons. The Bertz CT molecular complexity index is 1800. The zero-order chi connectivity index (χ0) is 33.4. The summed E-state index contributed by atoms with van der Waals surface area (Å²) in [5, 5.41) is 12.6. The molecule has 2 N–H and O–H groups in total. The van der Waals surface area contributed by atoms with E-state index in [0.717, 1.165) is 78.5 Å². The molecule has 49 heavy (non-hydrogen) atoms. The molecule has 3 heterocycles. The van der Waals surface area contributed by atoms with E-state index in [1.807, 2.05) is 72.8 Å². The monoisotopic (exact) mass is 655 g/mol. The first-order chi connectivity index (χ1) is 24.1. The molecule has 250 valence electrons. The highest BCUT2D eigenvalue weighted by molar-refractivity contribution is 5.94. The number of aliphatic hydroxyl groups is 1. The van der Waals surface area contributed by atoms with Gasteiger partial charge in [0.05, 0.1) is 18.8 Å². The lowest BCUT2D eigenvalue weighted by atomic mass is 9.98. The summed E-state index contributed by atoms with van der Waals surface area (Å²) in [6.45, 7) is 4.81. The topological polar surface area (TPSA) is 100 Å². The number of ether oxygens (including phenoxy) is 2. The zero-order valence-corrected chi connectivity index (χ0v) is 27.4. The van der Waals surface area contributed by atoms with Crippen molar-refractivity contribution in [2.24, 2.45) is 0 Å². The van der Waals surface area contributed by atoms with Crippen LogP contribution in [-0.4, -0.2) is 64.7 Å². The van der Waals surface area contributed by atoms with Crippen molar-refractivity contribution in [2.45, 2.75) is 38.1 Å².